The molecule has 136 valence electrons. The van der Waals surface area contributed by atoms with E-state index in [0.29, 0.717) is 11.1 Å². The van der Waals surface area contributed by atoms with Crippen LogP contribution in [0.1, 0.15) is 34.8 Å². The van der Waals surface area contributed by atoms with Crippen molar-refractivity contribution in [3.63, 3.8) is 0 Å². The summed E-state index contributed by atoms with van der Waals surface area (Å²) in [5.74, 6) is 0. The van der Waals surface area contributed by atoms with E-state index < -0.39 is 18.3 Å². The predicted molar refractivity (Wildman–Crippen MR) is 96.1 cm³/mol. The second-order valence-corrected chi connectivity index (χ2v) is 5.97. The van der Waals surface area contributed by atoms with Gasteiger partial charge < -0.3 is 20.3 Å². The van der Waals surface area contributed by atoms with Crippen molar-refractivity contribution in [2.75, 3.05) is 6.54 Å². The normalized spacial score (nSPS) is 12.7. The van der Waals surface area contributed by atoms with Crippen LogP contribution in [0.2, 0.25) is 0 Å². The summed E-state index contributed by atoms with van der Waals surface area (Å²) in [5.41, 5.74) is 2.58. The zero-order chi connectivity index (χ0) is 18.9. The SMILES string of the molecule is Cc1ccc(C#N)cc1C(O)C(O)CCNC(=O)OCc1ccccc1. The van der Waals surface area contributed by atoms with Crippen LogP contribution in [0, 0.1) is 18.3 Å². The lowest BCUT2D eigenvalue weighted by molar-refractivity contribution is 0.0132. The molecule has 6 nitrogen and oxygen atoms in total. The van der Waals surface area contributed by atoms with E-state index in [4.69, 9.17) is 10.00 Å². The Hall–Kier alpha value is -2.88. The Kier molecular flexibility index (Phi) is 7.15. The van der Waals surface area contributed by atoms with Crippen molar-refractivity contribution >= 4 is 6.09 Å². The first-order valence-corrected chi connectivity index (χ1v) is 8.32. The fourth-order valence-corrected chi connectivity index (χ4v) is 2.49. The van der Waals surface area contributed by atoms with Gasteiger partial charge in [0, 0.05) is 6.54 Å². The van der Waals surface area contributed by atoms with Gasteiger partial charge in [0.25, 0.3) is 0 Å². The Labute approximate surface area is 152 Å². The topological polar surface area (TPSA) is 103 Å². The first-order valence-electron chi connectivity index (χ1n) is 8.32. The molecule has 0 aliphatic rings. The summed E-state index contributed by atoms with van der Waals surface area (Å²) in [4.78, 5) is 11.7. The summed E-state index contributed by atoms with van der Waals surface area (Å²) >= 11 is 0. The molecule has 0 aliphatic heterocycles. The maximum Gasteiger partial charge on any atom is 0.407 e. The summed E-state index contributed by atoms with van der Waals surface area (Å²) in [6, 6.07) is 16.2. The zero-order valence-corrected chi connectivity index (χ0v) is 14.6. The van der Waals surface area contributed by atoms with E-state index >= 15 is 0 Å². The number of aryl methyl sites for hydroxylation is 1. The molecule has 0 aliphatic carbocycles. The van der Waals surface area contributed by atoms with Crippen molar-refractivity contribution in [2.45, 2.75) is 32.2 Å². The third-order valence-electron chi connectivity index (χ3n) is 4.01. The Morgan fingerprint density at radius 3 is 2.65 bits per heavy atom. The van der Waals surface area contributed by atoms with Crippen molar-refractivity contribution in [2.24, 2.45) is 0 Å². The fourth-order valence-electron chi connectivity index (χ4n) is 2.49. The Balaban J connectivity index is 1.78. The standard InChI is InChI=1S/C20H22N2O4/c1-14-7-8-16(12-21)11-17(14)19(24)18(23)9-10-22-20(25)26-13-15-5-3-2-4-6-15/h2-8,11,18-19,23-24H,9-10,13H2,1H3,(H,22,25). The van der Waals surface area contributed by atoms with Crippen LogP contribution >= 0.6 is 0 Å². The molecule has 2 aromatic rings. The van der Waals surface area contributed by atoms with Crippen LogP contribution in [0.4, 0.5) is 4.79 Å². The number of nitriles is 1. The molecule has 0 spiro atoms. The number of ether oxygens (including phenoxy) is 1. The lowest BCUT2D eigenvalue weighted by atomic mass is 9.96. The van der Waals surface area contributed by atoms with Gasteiger partial charge in [0.1, 0.15) is 12.7 Å². The van der Waals surface area contributed by atoms with Crippen LogP contribution in [-0.2, 0) is 11.3 Å². The van der Waals surface area contributed by atoms with Gasteiger partial charge in [0.15, 0.2) is 0 Å². The maximum atomic E-state index is 11.7. The number of nitrogens with zero attached hydrogens (tertiary/aromatic N) is 1. The van der Waals surface area contributed by atoms with Crippen molar-refractivity contribution in [1.82, 2.24) is 5.32 Å². The molecule has 0 saturated heterocycles. The van der Waals surface area contributed by atoms with Crippen LogP contribution in [0.3, 0.4) is 0 Å². The van der Waals surface area contributed by atoms with E-state index in [2.05, 4.69) is 5.32 Å². The van der Waals surface area contributed by atoms with Gasteiger partial charge >= 0.3 is 6.09 Å². The number of rotatable bonds is 7. The average Bonchev–Trinajstić information content (AvgIpc) is 2.67. The minimum atomic E-state index is -1.13. The number of amides is 1. The highest BCUT2D eigenvalue weighted by Crippen LogP contribution is 2.23. The molecular formula is C20H22N2O4. The van der Waals surface area contributed by atoms with Gasteiger partial charge in [-0.2, -0.15) is 5.26 Å². The molecule has 0 bridgehead atoms. The number of hydrogen-bond acceptors (Lipinski definition) is 5. The number of carbonyl (C=O) groups excluding carboxylic acids is 1. The summed E-state index contributed by atoms with van der Waals surface area (Å²) in [7, 11) is 0. The van der Waals surface area contributed by atoms with Gasteiger partial charge in [-0.3, -0.25) is 0 Å². The molecule has 2 atom stereocenters. The number of carbonyl (C=O) groups is 1. The molecule has 6 heteroatoms. The molecule has 26 heavy (non-hydrogen) atoms. The summed E-state index contributed by atoms with van der Waals surface area (Å²) in [6.07, 6.45) is -2.64. The first-order chi connectivity index (χ1) is 12.5. The van der Waals surface area contributed by atoms with Crippen molar-refractivity contribution in [3.8, 4) is 6.07 Å². The van der Waals surface area contributed by atoms with Crippen LogP contribution in [0.5, 0.6) is 0 Å². The monoisotopic (exact) mass is 354 g/mol. The van der Waals surface area contributed by atoms with Gasteiger partial charge in [0.2, 0.25) is 0 Å². The van der Waals surface area contributed by atoms with E-state index in [0.717, 1.165) is 11.1 Å². The molecule has 1 amide bonds. The maximum absolute atomic E-state index is 11.7. The lowest BCUT2D eigenvalue weighted by Gasteiger charge is -2.20. The third-order valence-corrected chi connectivity index (χ3v) is 4.01. The van der Waals surface area contributed by atoms with E-state index in [-0.39, 0.29) is 19.6 Å². The van der Waals surface area contributed by atoms with Gasteiger partial charge in [-0.25, -0.2) is 4.79 Å². The van der Waals surface area contributed by atoms with Crippen LogP contribution in [-0.4, -0.2) is 29.0 Å². The van der Waals surface area contributed by atoms with Gasteiger partial charge in [0.05, 0.1) is 17.7 Å². The van der Waals surface area contributed by atoms with E-state index in [1.807, 2.05) is 36.4 Å². The number of aliphatic hydroxyl groups excluding tert-OH is 2. The Morgan fingerprint density at radius 2 is 1.96 bits per heavy atom. The smallest absolute Gasteiger partial charge is 0.407 e. The number of aliphatic hydroxyl groups is 2. The summed E-state index contributed by atoms with van der Waals surface area (Å²) < 4.78 is 5.07. The number of nitrogens with one attached hydrogen (secondary N) is 1. The number of benzene rings is 2. The molecule has 3 N–H and O–H groups in total. The van der Waals surface area contributed by atoms with Crippen molar-refractivity contribution in [1.29, 1.82) is 5.26 Å². The summed E-state index contributed by atoms with van der Waals surface area (Å²) in [5, 5.41) is 32.0. The zero-order valence-electron chi connectivity index (χ0n) is 14.6. The quantitative estimate of drug-likeness (QED) is 0.709. The van der Waals surface area contributed by atoms with E-state index in [9.17, 15) is 15.0 Å². The number of hydrogen-bond donors (Lipinski definition) is 3. The second kappa shape index (κ2) is 9.56. The lowest BCUT2D eigenvalue weighted by Crippen LogP contribution is -2.30. The fraction of sp³-hybridized carbons (Fsp3) is 0.300. The molecule has 0 heterocycles. The minimum absolute atomic E-state index is 0.151. The molecule has 0 saturated carbocycles. The first kappa shape index (κ1) is 19.4. The van der Waals surface area contributed by atoms with E-state index in [1.165, 1.54) is 0 Å². The highest BCUT2D eigenvalue weighted by atomic mass is 16.5. The van der Waals surface area contributed by atoms with E-state index in [1.54, 1.807) is 25.1 Å². The van der Waals surface area contributed by atoms with Gasteiger partial charge in [-0.05, 0) is 42.2 Å². The highest BCUT2D eigenvalue weighted by Gasteiger charge is 2.20. The molecule has 2 aromatic carbocycles. The van der Waals surface area contributed by atoms with Gasteiger partial charge in [-0.1, -0.05) is 36.4 Å². The molecule has 0 aromatic heterocycles. The molecular weight excluding hydrogens is 332 g/mol. The molecule has 2 rings (SSSR count). The summed E-state index contributed by atoms with van der Waals surface area (Å²) in [6.45, 7) is 2.12. The third kappa shape index (κ3) is 5.59. The van der Waals surface area contributed by atoms with Crippen LogP contribution < -0.4 is 5.32 Å². The minimum Gasteiger partial charge on any atom is -0.445 e. The largest absolute Gasteiger partial charge is 0.445 e. The highest BCUT2D eigenvalue weighted by molar-refractivity contribution is 5.67. The van der Waals surface area contributed by atoms with Crippen molar-refractivity contribution in [3.05, 3.63) is 70.8 Å². The number of alkyl carbamates (subject to hydrolysis) is 1. The molecule has 0 radical (unpaired) electrons. The van der Waals surface area contributed by atoms with Crippen molar-refractivity contribution < 1.29 is 19.7 Å². The second-order valence-electron chi connectivity index (χ2n) is 5.97. The van der Waals surface area contributed by atoms with Crippen LogP contribution in [0.15, 0.2) is 48.5 Å². The molecule has 2 unspecified atom stereocenters. The predicted octanol–water partition coefficient (Wildman–Crippen LogP) is 2.58. The van der Waals surface area contributed by atoms with Crippen LogP contribution in [0.25, 0.3) is 0 Å². The van der Waals surface area contributed by atoms with Gasteiger partial charge in [-0.15, -0.1) is 0 Å². The average molecular weight is 354 g/mol. The Bertz CT molecular complexity index is 771. The molecule has 0 fully saturated rings. The Morgan fingerprint density at radius 1 is 1.23 bits per heavy atom.